The molecule has 17 aromatic rings. The second-order valence-corrected chi connectivity index (χ2v) is 20.3. The van der Waals surface area contributed by atoms with Crippen molar-refractivity contribution in [1.82, 2.24) is 28.5 Å². The highest BCUT2D eigenvalue weighted by Crippen LogP contribution is 2.44. The van der Waals surface area contributed by atoms with Crippen molar-refractivity contribution in [3.63, 3.8) is 0 Å². The van der Waals surface area contributed by atoms with Crippen molar-refractivity contribution in [3.05, 3.63) is 255 Å². The normalized spacial score (nSPS) is 12.1. The van der Waals surface area contributed by atoms with E-state index in [2.05, 4.69) is 232 Å². The van der Waals surface area contributed by atoms with Gasteiger partial charge in [0, 0.05) is 65.6 Å². The van der Waals surface area contributed by atoms with Crippen molar-refractivity contribution in [2.24, 2.45) is 0 Å². The fourth-order valence-corrected chi connectivity index (χ4v) is 12.6. The number of aromatic nitrogens is 6. The molecule has 0 saturated heterocycles. The lowest BCUT2D eigenvalue weighted by molar-refractivity contribution is 0.669. The number of hydrogen-bond acceptors (Lipinski definition) is 4. The van der Waals surface area contributed by atoms with Gasteiger partial charge in [-0.15, -0.1) is 0 Å². The molecular weight excluding hydrogens is 953 g/mol. The van der Waals surface area contributed by atoms with Crippen LogP contribution in [0, 0.1) is 0 Å². The fourth-order valence-electron chi connectivity index (χ4n) is 12.6. The molecule has 6 heterocycles. The van der Waals surface area contributed by atoms with Crippen LogP contribution in [-0.4, -0.2) is 28.5 Å². The van der Waals surface area contributed by atoms with Gasteiger partial charge in [0.2, 0.25) is 0 Å². The van der Waals surface area contributed by atoms with Crippen LogP contribution >= 0.6 is 0 Å². The van der Waals surface area contributed by atoms with E-state index in [1.165, 1.54) is 43.7 Å². The molecule has 6 aromatic heterocycles. The maximum atomic E-state index is 6.47. The molecule has 0 saturated carbocycles. The predicted molar refractivity (Wildman–Crippen MR) is 321 cm³/mol. The molecular formula is C71H42N6O. The molecule has 0 unspecified atom stereocenters. The number of hydrogen-bond donors (Lipinski definition) is 0. The minimum absolute atomic E-state index is 0.614. The number of pyridine rings is 1. The van der Waals surface area contributed by atoms with Gasteiger partial charge in [-0.05, 0) is 119 Å². The molecule has 7 nitrogen and oxygen atoms in total. The van der Waals surface area contributed by atoms with Crippen LogP contribution in [0.4, 0.5) is 0 Å². The standard InChI is InChI=1S/C71H42N6O/c1-4-17-43(18-5-1)69-72-67(54-26-16-30-65-66(54)53-25-12-15-29-64(53)78-65)68-70(73-69)74-71-58-42-44(31-35-50(58)51-23-10-14-28-60(51)77(68)71)46-33-37-62-56(40-46)57-41-47(34-38-63(57)76(62)49-21-8-3-9-22-49)45-32-36-61-55(39-45)52-24-11-13-27-59(52)75(61)48-19-6-2-7-20-48/h1-42H. The van der Waals surface area contributed by atoms with Crippen LogP contribution in [0.5, 0.6) is 0 Å². The molecule has 0 spiro atoms. The van der Waals surface area contributed by atoms with Crippen molar-refractivity contribution >= 4 is 104 Å². The predicted octanol–water partition coefficient (Wildman–Crippen LogP) is 18.3. The van der Waals surface area contributed by atoms with Crippen molar-refractivity contribution < 1.29 is 4.42 Å². The second kappa shape index (κ2) is 16.4. The summed E-state index contributed by atoms with van der Waals surface area (Å²) >= 11 is 0. The van der Waals surface area contributed by atoms with Gasteiger partial charge in [-0.1, -0.05) is 164 Å². The Morgan fingerprint density at radius 3 is 1.44 bits per heavy atom. The first-order chi connectivity index (χ1) is 38.7. The van der Waals surface area contributed by atoms with E-state index in [0.717, 1.165) is 105 Å². The number of furan rings is 1. The van der Waals surface area contributed by atoms with Crippen LogP contribution in [0.25, 0.3) is 160 Å². The molecule has 17 rings (SSSR count). The molecule has 0 N–H and O–H groups in total. The van der Waals surface area contributed by atoms with Gasteiger partial charge in [0.25, 0.3) is 0 Å². The van der Waals surface area contributed by atoms with Crippen molar-refractivity contribution in [3.8, 4) is 56.3 Å². The Kier molecular flexibility index (Phi) is 9.00. The summed E-state index contributed by atoms with van der Waals surface area (Å²) in [5.41, 5.74) is 19.1. The Labute approximate surface area is 445 Å². The first-order valence-electron chi connectivity index (χ1n) is 26.4. The zero-order chi connectivity index (χ0) is 51.0. The van der Waals surface area contributed by atoms with Crippen molar-refractivity contribution in [1.29, 1.82) is 0 Å². The summed E-state index contributed by atoms with van der Waals surface area (Å²) in [5.74, 6) is 0.614. The van der Waals surface area contributed by atoms with Gasteiger partial charge in [-0.3, -0.25) is 4.40 Å². The van der Waals surface area contributed by atoms with Gasteiger partial charge in [-0.25, -0.2) is 15.0 Å². The van der Waals surface area contributed by atoms with Crippen LogP contribution in [0.1, 0.15) is 0 Å². The highest BCUT2D eigenvalue weighted by molar-refractivity contribution is 6.19. The van der Waals surface area contributed by atoms with Gasteiger partial charge in [-0.2, -0.15) is 0 Å². The lowest BCUT2D eigenvalue weighted by atomic mass is 9.97. The molecule has 0 atom stereocenters. The summed E-state index contributed by atoms with van der Waals surface area (Å²) in [5, 5.41) is 10.2. The van der Waals surface area contributed by atoms with Gasteiger partial charge >= 0.3 is 0 Å². The smallest absolute Gasteiger partial charge is 0.183 e. The number of para-hydroxylation sites is 5. The van der Waals surface area contributed by atoms with E-state index in [-0.39, 0.29) is 0 Å². The van der Waals surface area contributed by atoms with Gasteiger partial charge in [0.1, 0.15) is 28.0 Å². The van der Waals surface area contributed by atoms with Crippen LogP contribution in [0.15, 0.2) is 259 Å². The third-order valence-corrected chi connectivity index (χ3v) is 16.0. The third-order valence-electron chi connectivity index (χ3n) is 16.0. The Bertz CT molecular complexity index is 5320. The van der Waals surface area contributed by atoms with Crippen LogP contribution in [-0.2, 0) is 0 Å². The SMILES string of the molecule is c1ccc(-c2nc(-c3cccc4oc5ccccc5c34)c3c(n2)nc2c4cc(-c5ccc6c(c5)c5cc(-c7ccc8c(c7)c7ccccc7n8-c7ccccc7)ccc5n6-c5ccccc5)ccc4c4ccccc4n23)cc1. The first kappa shape index (κ1) is 42.7. The summed E-state index contributed by atoms with van der Waals surface area (Å²) < 4.78 is 13.5. The highest BCUT2D eigenvalue weighted by Gasteiger charge is 2.24. The lowest BCUT2D eigenvalue weighted by Crippen LogP contribution is -1.98. The maximum absolute atomic E-state index is 6.47. The molecule has 11 aromatic carbocycles. The van der Waals surface area contributed by atoms with Crippen LogP contribution in [0.2, 0.25) is 0 Å². The van der Waals surface area contributed by atoms with Crippen LogP contribution in [0.3, 0.4) is 0 Å². The highest BCUT2D eigenvalue weighted by atomic mass is 16.3. The average molecular weight is 995 g/mol. The molecule has 7 heteroatoms. The molecule has 0 aliphatic rings. The summed E-state index contributed by atoms with van der Waals surface area (Å²) in [6.07, 6.45) is 0. The summed E-state index contributed by atoms with van der Waals surface area (Å²) in [4.78, 5) is 16.3. The van der Waals surface area contributed by atoms with Gasteiger partial charge in [0.15, 0.2) is 11.5 Å². The zero-order valence-corrected chi connectivity index (χ0v) is 41.8. The second-order valence-electron chi connectivity index (χ2n) is 20.3. The third kappa shape index (κ3) is 6.24. The Morgan fingerprint density at radius 2 is 0.795 bits per heavy atom. The van der Waals surface area contributed by atoms with Gasteiger partial charge in [0.05, 0.1) is 27.6 Å². The van der Waals surface area contributed by atoms with E-state index in [4.69, 9.17) is 19.4 Å². The number of nitrogens with zero attached hydrogens (tertiary/aromatic N) is 6. The monoisotopic (exact) mass is 994 g/mol. The largest absolute Gasteiger partial charge is 0.456 e. The molecule has 0 aliphatic carbocycles. The van der Waals surface area contributed by atoms with E-state index in [1.807, 2.05) is 36.4 Å². The molecule has 78 heavy (non-hydrogen) atoms. The number of imidazole rings is 1. The molecule has 0 radical (unpaired) electrons. The summed E-state index contributed by atoms with van der Waals surface area (Å²) in [6, 6.07) is 91.1. The van der Waals surface area contributed by atoms with Gasteiger partial charge < -0.3 is 13.6 Å². The minimum Gasteiger partial charge on any atom is -0.456 e. The van der Waals surface area contributed by atoms with E-state index in [0.29, 0.717) is 11.5 Å². The summed E-state index contributed by atoms with van der Waals surface area (Å²) in [6.45, 7) is 0. The quantitative estimate of drug-likeness (QED) is 0.156. The molecule has 0 bridgehead atoms. The zero-order valence-electron chi connectivity index (χ0n) is 41.8. The number of benzene rings is 11. The minimum atomic E-state index is 0.614. The first-order valence-corrected chi connectivity index (χ1v) is 26.4. The lowest BCUT2D eigenvalue weighted by Gasteiger charge is -2.13. The van der Waals surface area contributed by atoms with E-state index >= 15 is 0 Å². The van der Waals surface area contributed by atoms with E-state index < -0.39 is 0 Å². The molecule has 0 amide bonds. The Hall–Kier alpha value is -10.6. The maximum Gasteiger partial charge on any atom is 0.183 e. The molecule has 0 aliphatic heterocycles. The van der Waals surface area contributed by atoms with E-state index in [9.17, 15) is 0 Å². The van der Waals surface area contributed by atoms with Crippen molar-refractivity contribution in [2.75, 3.05) is 0 Å². The topological polar surface area (TPSA) is 66.1 Å². The Morgan fingerprint density at radius 1 is 0.308 bits per heavy atom. The fraction of sp³-hybridized carbons (Fsp3) is 0. The van der Waals surface area contributed by atoms with Crippen LogP contribution < -0.4 is 0 Å². The van der Waals surface area contributed by atoms with Crippen molar-refractivity contribution in [2.45, 2.75) is 0 Å². The number of rotatable bonds is 6. The average Bonchev–Trinajstić information content (AvgIpc) is 4.46. The Balaban J connectivity index is 0.886. The molecule has 0 fully saturated rings. The number of fused-ring (bicyclic) bond motifs is 17. The molecule has 362 valence electrons. The summed E-state index contributed by atoms with van der Waals surface area (Å²) in [7, 11) is 0. The van der Waals surface area contributed by atoms with E-state index in [1.54, 1.807) is 0 Å².